The Morgan fingerprint density at radius 1 is 1.59 bits per heavy atom. The van der Waals surface area contributed by atoms with Gasteiger partial charge in [-0.2, -0.15) is 0 Å². The second-order valence-electron chi connectivity index (χ2n) is 4.39. The van der Waals surface area contributed by atoms with Gasteiger partial charge < -0.3 is 10.1 Å². The fraction of sp³-hybridized carbons (Fsp3) is 0.462. The molecule has 1 unspecified atom stereocenters. The summed E-state index contributed by atoms with van der Waals surface area (Å²) >= 11 is 0. The molecule has 0 radical (unpaired) electrons. The summed E-state index contributed by atoms with van der Waals surface area (Å²) in [7, 11) is 0. The molecule has 1 amide bonds. The summed E-state index contributed by atoms with van der Waals surface area (Å²) in [6.07, 6.45) is 1.86. The second-order valence-corrected chi connectivity index (χ2v) is 4.39. The van der Waals surface area contributed by atoms with E-state index in [1.54, 1.807) is 0 Å². The van der Waals surface area contributed by atoms with Gasteiger partial charge in [0.2, 0.25) is 0 Å². The number of ether oxygens (including phenoxy) is 1. The fourth-order valence-corrected chi connectivity index (χ4v) is 1.95. The van der Waals surface area contributed by atoms with E-state index < -0.39 is 0 Å². The summed E-state index contributed by atoms with van der Waals surface area (Å²) in [6.45, 7) is 3.45. The Balaban J connectivity index is 1.76. The first-order valence-electron chi connectivity index (χ1n) is 5.98. The van der Waals surface area contributed by atoms with Crippen LogP contribution in [0, 0.1) is 6.92 Å². The Kier molecular flexibility index (Phi) is 3.98. The van der Waals surface area contributed by atoms with E-state index in [2.05, 4.69) is 10.6 Å². The maximum atomic E-state index is 11.5. The van der Waals surface area contributed by atoms with Crippen LogP contribution in [0.1, 0.15) is 18.4 Å². The standard InChI is InChI=1S/C13H18N2O2/c1-10-4-2-5-11(8-10)15-13(16)17-9-12-6-3-7-14-12/h2,4-5,8,12,14H,3,6-7,9H2,1H3,(H,15,16). The predicted octanol–water partition coefficient (Wildman–Crippen LogP) is 2.30. The molecule has 1 fully saturated rings. The number of anilines is 1. The first-order chi connectivity index (χ1) is 8.24. The van der Waals surface area contributed by atoms with Gasteiger partial charge >= 0.3 is 6.09 Å². The molecule has 2 N–H and O–H groups in total. The molecule has 2 rings (SSSR count). The van der Waals surface area contributed by atoms with Gasteiger partial charge in [0.05, 0.1) is 0 Å². The molecule has 1 aromatic carbocycles. The van der Waals surface area contributed by atoms with Gasteiger partial charge in [-0.05, 0) is 44.0 Å². The van der Waals surface area contributed by atoms with Crippen LogP contribution in [0.25, 0.3) is 0 Å². The Morgan fingerprint density at radius 2 is 2.47 bits per heavy atom. The quantitative estimate of drug-likeness (QED) is 0.843. The largest absolute Gasteiger partial charge is 0.448 e. The van der Waals surface area contributed by atoms with Gasteiger partial charge in [-0.3, -0.25) is 5.32 Å². The van der Waals surface area contributed by atoms with Crippen molar-refractivity contribution in [3.63, 3.8) is 0 Å². The molecule has 0 saturated carbocycles. The molecule has 4 nitrogen and oxygen atoms in total. The Morgan fingerprint density at radius 3 is 3.18 bits per heavy atom. The summed E-state index contributed by atoms with van der Waals surface area (Å²) in [5.74, 6) is 0. The van der Waals surface area contributed by atoms with E-state index in [1.807, 2.05) is 31.2 Å². The SMILES string of the molecule is Cc1cccc(NC(=O)OCC2CCCN2)c1. The molecule has 1 heterocycles. The molecule has 1 atom stereocenters. The molecule has 17 heavy (non-hydrogen) atoms. The maximum absolute atomic E-state index is 11.5. The predicted molar refractivity (Wildman–Crippen MR) is 67.2 cm³/mol. The zero-order valence-electron chi connectivity index (χ0n) is 10.0. The summed E-state index contributed by atoms with van der Waals surface area (Å²) in [6, 6.07) is 7.97. The molecule has 4 heteroatoms. The van der Waals surface area contributed by atoms with E-state index >= 15 is 0 Å². The highest BCUT2D eigenvalue weighted by atomic mass is 16.5. The zero-order chi connectivity index (χ0) is 12.1. The first-order valence-corrected chi connectivity index (χ1v) is 5.98. The number of carbonyl (C=O) groups is 1. The van der Waals surface area contributed by atoms with E-state index in [4.69, 9.17) is 4.74 Å². The van der Waals surface area contributed by atoms with Crippen LogP contribution < -0.4 is 10.6 Å². The number of nitrogens with one attached hydrogen (secondary N) is 2. The summed E-state index contributed by atoms with van der Waals surface area (Å²) < 4.78 is 5.16. The van der Waals surface area contributed by atoms with Crippen LogP contribution in [0.4, 0.5) is 10.5 Å². The molecule has 1 saturated heterocycles. The normalized spacial score (nSPS) is 19.0. The Bertz CT molecular complexity index is 387. The average Bonchev–Trinajstić information content (AvgIpc) is 2.79. The van der Waals surface area contributed by atoms with Crippen molar-refractivity contribution < 1.29 is 9.53 Å². The van der Waals surface area contributed by atoms with Gasteiger partial charge in [-0.25, -0.2) is 4.79 Å². The third-order valence-electron chi connectivity index (χ3n) is 2.84. The number of benzene rings is 1. The number of hydrogen-bond donors (Lipinski definition) is 2. The van der Waals surface area contributed by atoms with Crippen molar-refractivity contribution in [3.05, 3.63) is 29.8 Å². The number of amides is 1. The van der Waals surface area contributed by atoms with Crippen LogP contribution in [0.3, 0.4) is 0 Å². The summed E-state index contributed by atoms with van der Waals surface area (Å²) in [4.78, 5) is 11.5. The van der Waals surface area contributed by atoms with Crippen molar-refractivity contribution in [1.29, 1.82) is 0 Å². The maximum Gasteiger partial charge on any atom is 0.411 e. The summed E-state index contributed by atoms with van der Waals surface area (Å²) in [5.41, 5.74) is 1.88. The number of rotatable bonds is 3. The van der Waals surface area contributed by atoms with Crippen LogP contribution in [-0.4, -0.2) is 25.3 Å². The lowest BCUT2D eigenvalue weighted by atomic mass is 10.2. The highest BCUT2D eigenvalue weighted by molar-refractivity contribution is 5.84. The van der Waals surface area contributed by atoms with Crippen LogP contribution in [0.15, 0.2) is 24.3 Å². The van der Waals surface area contributed by atoms with Crippen LogP contribution in [-0.2, 0) is 4.74 Å². The summed E-state index contributed by atoms with van der Waals surface area (Å²) in [5, 5.41) is 6.00. The van der Waals surface area contributed by atoms with Crippen LogP contribution >= 0.6 is 0 Å². The van der Waals surface area contributed by atoms with Crippen LogP contribution in [0.5, 0.6) is 0 Å². The molecule has 1 aromatic rings. The molecule has 0 aromatic heterocycles. The van der Waals surface area contributed by atoms with Gasteiger partial charge in [0, 0.05) is 11.7 Å². The molecule has 1 aliphatic heterocycles. The van der Waals surface area contributed by atoms with Crippen molar-refractivity contribution in [2.45, 2.75) is 25.8 Å². The van der Waals surface area contributed by atoms with E-state index in [1.165, 1.54) is 0 Å². The third kappa shape index (κ3) is 3.75. The molecule has 0 aliphatic carbocycles. The van der Waals surface area contributed by atoms with E-state index in [9.17, 15) is 4.79 Å². The van der Waals surface area contributed by atoms with Crippen LogP contribution in [0.2, 0.25) is 0 Å². The number of carbonyl (C=O) groups excluding carboxylic acids is 1. The monoisotopic (exact) mass is 234 g/mol. The highest BCUT2D eigenvalue weighted by Crippen LogP contribution is 2.10. The van der Waals surface area contributed by atoms with Gasteiger partial charge in [0.25, 0.3) is 0 Å². The van der Waals surface area contributed by atoms with Crippen molar-refractivity contribution >= 4 is 11.8 Å². The van der Waals surface area contributed by atoms with Gasteiger partial charge in [0.15, 0.2) is 0 Å². The van der Waals surface area contributed by atoms with Gasteiger partial charge in [0.1, 0.15) is 6.61 Å². The molecule has 0 spiro atoms. The topological polar surface area (TPSA) is 50.4 Å². The minimum Gasteiger partial charge on any atom is -0.448 e. The lowest BCUT2D eigenvalue weighted by Crippen LogP contribution is -2.29. The lowest BCUT2D eigenvalue weighted by Gasteiger charge is -2.11. The zero-order valence-corrected chi connectivity index (χ0v) is 10.0. The number of aryl methyl sites for hydroxylation is 1. The van der Waals surface area contributed by atoms with Gasteiger partial charge in [-0.1, -0.05) is 12.1 Å². The van der Waals surface area contributed by atoms with Crippen molar-refractivity contribution in [1.82, 2.24) is 5.32 Å². The van der Waals surface area contributed by atoms with E-state index in [0.29, 0.717) is 12.6 Å². The lowest BCUT2D eigenvalue weighted by molar-refractivity contribution is 0.151. The van der Waals surface area contributed by atoms with Crippen molar-refractivity contribution in [2.24, 2.45) is 0 Å². The minimum atomic E-state index is -0.385. The Labute approximate surface area is 101 Å². The minimum absolute atomic E-state index is 0.318. The van der Waals surface area contributed by atoms with E-state index in [-0.39, 0.29) is 6.09 Å². The third-order valence-corrected chi connectivity index (χ3v) is 2.84. The van der Waals surface area contributed by atoms with Crippen molar-refractivity contribution in [2.75, 3.05) is 18.5 Å². The van der Waals surface area contributed by atoms with Gasteiger partial charge in [-0.15, -0.1) is 0 Å². The Hall–Kier alpha value is -1.55. The fourth-order valence-electron chi connectivity index (χ4n) is 1.95. The molecular weight excluding hydrogens is 216 g/mol. The smallest absolute Gasteiger partial charge is 0.411 e. The van der Waals surface area contributed by atoms with Crippen molar-refractivity contribution in [3.8, 4) is 0 Å². The first kappa shape index (κ1) is 11.9. The molecular formula is C13H18N2O2. The van der Waals surface area contributed by atoms with E-state index in [0.717, 1.165) is 30.6 Å². The number of hydrogen-bond acceptors (Lipinski definition) is 3. The molecule has 0 bridgehead atoms. The average molecular weight is 234 g/mol. The second kappa shape index (κ2) is 5.68. The molecule has 1 aliphatic rings. The highest BCUT2D eigenvalue weighted by Gasteiger charge is 2.15. The molecule has 92 valence electrons.